The summed E-state index contributed by atoms with van der Waals surface area (Å²) in [5, 5.41) is 8.87. The summed E-state index contributed by atoms with van der Waals surface area (Å²) in [6.07, 6.45) is 3.82. The Bertz CT molecular complexity index is 591. The predicted molar refractivity (Wildman–Crippen MR) is 66.6 cm³/mol. The van der Waals surface area contributed by atoms with Crippen LogP contribution in [0.15, 0.2) is 18.2 Å². The molecule has 2 atom stereocenters. The molecule has 1 aliphatic rings. The van der Waals surface area contributed by atoms with E-state index in [1.165, 1.54) is 19.3 Å². The highest BCUT2D eigenvalue weighted by molar-refractivity contribution is 5.76. The molecule has 1 aromatic carbocycles. The van der Waals surface area contributed by atoms with E-state index in [2.05, 4.69) is 23.0 Å². The lowest BCUT2D eigenvalue weighted by atomic mass is 9.98. The zero-order chi connectivity index (χ0) is 11.8. The molecule has 1 aromatic heterocycles. The van der Waals surface area contributed by atoms with Gasteiger partial charge in [0.05, 0.1) is 22.7 Å². The average Bonchev–Trinajstić information content (AvgIpc) is 2.93. The van der Waals surface area contributed by atoms with Crippen LogP contribution in [0.25, 0.3) is 11.0 Å². The third-order valence-electron chi connectivity index (χ3n) is 3.84. The van der Waals surface area contributed by atoms with Gasteiger partial charge in [-0.05, 0) is 37.0 Å². The molecule has 2 aromatic rings. The van der Waals surface area contributed by atoms with Gasteiger partial charge in [0.25, 0.3) is 0 Å². The van der Waals surface area contributed by atoms with E-state index in [1.54, 1.807) is 0 Å². The Balaban J connectivity index is 2.04. The lowest BCUT2D eigenvalue weighted by Gasteiger charge is -2.11. The SMILES string of the molecule is CC1CCCC1c1nc2ccc(C#N)cc2[nH]1. The first-order valence-electron chi connectivity index (χ1n) is 6.17. The molecule has 0 spiro atoms. The van der Waals surface area contributed by atoms with Crippen LogP contribution in [-0.2, 0) is 0 Å². The van der Waals surface area contributed by atoms with E-state index >= 15 is 0 Å². The average molecular weight is 225 g/mol. The van der Waals surface area contributed by atoms with Crippen LogP contribution in [-0.4, -0.2) is 9.97 Å². The molecule has 0 aliphatic heterocycles. The topological polar surface area (TPSA) is 52.5 Å². The highest BCUT2D eigenvalue weighted by atomic mass is 14.9. The summed E-state index contributed by atoms with van der Waals surface area (Å²) < 4.78 is 0. The van der Waals surface area contributed by atoms with Crippen molar-refractivity contribution < 1.29 is 0 Å². The highest BCUT2D eigenvalue weighted by Gasteiger charge is 2.27. The van der Waals surface area contributed by atoms with Crippen molar-refractivity contribution in [2.45, 2.75) is 32.1 Å². The van der Waals surface area contributed by atoms with Gasteiger partial charge in [-0.25, -0.2) is 4.98 Å². The molecule has 3 nitrogen and oxygen atoms in total. The first-order valence-corrected chi connectivity index (χ1v) is 6.17. The van der Waals surface area contributed by atoms with Crippen molar-refractivity contribution in [3.63, 3.8) is 0 Å². The second kappa shape index (κ2) is 3.89. The minimum atomic E-state index is 0.563. The maximum Gasteiger partial charge on any atom is 0.110 e. The predicted octanol–water partition coefficient (Wildman–Crippen LogP) is 3.34. The number of hydrogen-bond acceptors (Lipinski definition) is 2. The van der Waals surface area contributed by atoms with E-state index in [9.17, 15) is 0 Å². The summed E-state index contributed by atoms with van der Waals surface area (Å²) in [5.41, 5.74) is 2.64. The molecule has 0 radical (unpaired) electrons. The number of benzene rings is 1. The molecule has 0 bridgehead atoms. The number of nitrogens with zero attached hydrogens (tertiary/aromatic N) is 2. The monoisotopic (exact) mass is 225 g/mol. The number of hydrogen-bond donors (Lipinski definition) is 1. The summed E-state index contributed by atoms with van der Waals surface area (Å²) in [4.78, 5) is 8.04. The lowest BCUT2D eigenvalue weighted by Crippen LogP contribution is -2.03. The summed E-state index contributed by atoms with van der Waals surface area (Å²) in [5.74, 6) is 2.37. The van der Waals surface area contributed by atoms with Crippen molar-refractivity contribution >= 4 is 11.0 Å². The highest BCUT2D eigenvalue weighted by Crippen LogP contribution is 2.38. The molecule has 86 valence electrons. The third kappa shape index (κ3) is 1.70. The van der Waals surface area contributed by atoms with E-state index in [0.29, 0.717) is 17.4 Å². The van der Waals surface area contributed by atoms with Crippen LogP contribution in [0.1, 0.15) is 43.5 Å². The van der Waals surface area contributed by atoms with E-state index in [4.69, 9.17) is 5.26 Å². The van der Waals surface area contributed by atoms with Gasteiger partial charge in [0, 0.05) is 5.92 Å². The number of fused-ring (bicyclic) bond motifs is 1. The van der Waals surface area contributed by atoms with Crippen LogP contribution in [0.5, 0.6) is 0 Å². The van der Waals surface area contributed by atoms with E-state index < -0.39 is 0 Å². The molecule has 0 amide bonds. The molecule has 1 saturated carbocycles. The molecule has 3 rings (SSSR count). The van der Waals surface area contributed by atoms with Gasteiger partial charge >= 0.3 is 0 Å². The molecular weight excluding hydrogens is 210 g/mol. The van der Waals surface area contributed by atoms with Crippen molar-refractivity contribution in [1.29, 1.82) is 5.26 Å². The molecule has 3 heteroatoms. The second-order valence-corrected chi connectivity index (χ2v) is 4.98. The van der Waals surface area contributed by atoms with Gasteiger partial charge in [0.2, 0.25) is 0 Å². The van der Waals surface area contributed by atoms with Crippen LogP contribution in [0, 0.1) is 17.2 Å². The van der Waals surface area contributed by atoms with Gasteiger partial charge in [-0.1, -0.05) is 13.3 Å². The standard InChI is InChI=1S/C14H15N3/c1-9-3-2-4-11(9)14-16-12-6-5-10(8-15)7-13(12)17-14/h5-7,9,11H,2-4H2,1H3,(H,16,17). The van der Waals surface area contributed by atoms with Crippen molar-refractivity contribution in [1.82, 2.24) is 9.97 Å². The maximum atomic E-state index is 8.87. The number of H-pyrrole nitrogens is 1. The minimum Gasteiger partial charge on any atom is -0.342 e. The molecule has 17 heavy (non-hydrogen) atoms. The first kappa shape index (κ1) is 10.3. The second-order valence-electron chi connectivity index (χ2n) is 4.98. The Morgan fingerprint density at radius 2 is 2.29 bits per heavy atom. The van der Waals surface area contributed by atoms with Gasteiger partial charge in [-0.3, -0.25) is 0 Å². The number of aromatic amines is 1. The van der Waals surface area contributed by atoms with E-state index in [1.807, 2.05) is 18.2 Å². The van der Waals surface area contributed by atoms with Crippen LogP contribution < -0.4 is 0 Å². The normalized spacial score (nSPS) is 24.0. The maximum absolute atomic E-state index is 8.87. The Labute approximate surface area is 100 Å². The number of aromatic nitrogens is 2. The fraction of sp³-hybridized carbons (Fsp3) is 0.429. The molecular formula is C14H15N3. The number of imidazole rings is 1. The largest absolute Gasteiger partial charge is 0.342 e. The summed E-state index contributed by atoms with van der Waals surface area (Å²) in [6, 6.07) is 7.79. The van der Waals surface area contributed by atoms with Gasteiger partial charge in [-0.15, -0.1) is 0 Å². The molecule has 2 unspecified atom stereocenters. The van der Waals surface area contributed by atoms with Crippen LogP contribution in [0.4, 0.5) is 0 Å². The summed E-state index contributed by atoms with van der Waals surface area (Å²) in [7, 11) is 0. The zero-order valence-electron chi connectivity index (χ0n) is 9.90. The molecule has 1 aliphatic carbocycles. The zero-order valence-corrected chi connectivity index (χ0v) is 9.90. The fourth-order valence-electron chi connectivity index (χ4n) is 2.83. The van der Waals surface area contributed by atoms with Crippen LogP contribution in [0.3, 0.4) is 0 Å². The van der Waals surface area contributed by atoms with Gasteiger partial charge in [0.15, 0.2) is 0 Å². The van der Waals surface area contributed by atoms with Crippen LogP contribution >= 0.6 is 0 Å². The van der Waals surface area contributed by atoms with E-state index in [-0.39, 0.29) is 0 Å². The lowest BCUT2D eigenvalue weighted by molar-refractivity contribution is 0.514. The molecule has 1 heterocycles. The number of rotatable bonds is 1. The Morgan fingerprint density at radius 1 is 1.41 bits per heavy atom. The smallest absolute Gasteiger partial charge is 0.110 e. The summed E-state index contributed by atoms with van der Waals surface area (Å²) in [6.45, 7) is 2.30. The molecule has 1 N–H and O–H groups in total. The third-order valence-corrected chi connectivity index (χ3v) is 3.84. The Hall–Kier alpha value is -1.82. The summed E-state index contributed by atoms with van der Waals surface area (Å²) >= 11 is 0. The van der Waals surface area contributed by atoms with Gasteiger partial charge < -0.3 is 4.98 Å². The van der Waals surface area contributed by atoms with Crippen LogP contribution in [0.2, 0.25) is 0 Å². The molecule has 0 saturated heterocycles. The van der Waals surface area contributed by atoms with Crippen molar-refractivity contribution in [3.05, 3.63) is 29.6 Å². The van der Waals surface area contributed by atoms with E-state index in [0.717, 1.165) is 16.9 Å². The Morgan fingerprint density at radius 3 is 3.00 bits per heavy atom. The number of nitriles is 1. The fourth-order valence-corrected chi connectivity index (χ4v) is 2.83. The van der Waals surface area contributed by atoms with Gasteiger partial charge in [-0.2, -0.15) is 5.26 Å². The van der Waals surface area contributed by atoms with Crippen molar-refractivity contribution in [3.8, 4) is 6.07 Å². The number of nitrogens with one attached hydrogen (secondary N) is 1. The minimum absolute atomic E-state index is 0.563. The van der Waals surface area contributed by atoms with Crippen molar-refractivity contribution in [2.75, 3.05) is 0 Å². The Kier molecular flexibility index (Phi) is 2.36. The van der Waals surface area contributed by atoms with Crippen molar-refractivity contribution in [2.24, 2.45) is 5.92 Å². The van der Waals surface area contributed by atoms with Gasteiger partial charge in [0.1, 0.15) is 5.82 Å². The quantitative estimate of drug-likeness (QED) is 0.809. The molecule has 1 fully saturated rings. The first-order chi connectivity index (χ1) is 8.28.